The van der Waals surface area contributed by atoms with E-state index in [2.05, 4.69) is 19.7 Å². The molecular formula is C23H21N5O5S. The van der Waals surface area contributed by atoms with E-state index in [4.69, 9.17) is 4.74 Å². The highest BCUT2D eigenvalue weighted by atomic mass is 32.2. The molecule has 0 spiro atoms. The maximum absolute atomic E-state index is 13.1. The molecule has 3 heterocycles. The smallest absolute Gasteiger partial charge is 0.339 e. The third kappa shape index (κ3) is 4.37. The van der Waals surface area contributed by atoms with Crippen molar-refractivity contribution in [2.24, 2.45) is 0 Å². The van der Waals surface area contributed by atoms with Gasteiger partial charge in [0.2, 0.25) is 0 Å². The fourth-order valence-corrected chi connectivity index (χ4v) is 4.53. The van der Waals surface area contributed by atoms with Gasteiger partial charge in [-0.15, -0.1) is 0 Å². The van der Waals surface area contributed by atoms with E-state index >= 15 is 0 Å². The second kappa shape index (κ2) is 8.67. The predicted octanol–water partition coefficient (Wildman–Crippen LogP) is 2.69. The molecule has 0 aliphatic heterocycles. The number of sulfonamides is 1. The normalized spacial score (nSPS) is 11.4. The number of esters is 1. The number of hydrogen-bond acceptors (Lipinski definition) is 8. The summed E-state index contributed by atoms with van der Waals surface area (Å²) in [5.74, 6) is 0.0330. The topological polar surface area (TPSA) is 133 Å². The lowest BCUT2D eigenvalue weighted by Gasteiger charge is -2.11. The first-order valence-corrected chi connectivity index (χ1v) is 11.6. The van der Waals surface area contributed by atoms with E-state index in [1.165, 1.54) is 48.1 Å². The molecule has 1 aromatic carbocycles. The number of benzene rings is 1. The molecule has 0 bridgehead atoms. The van der Waals surface area contributed by atoms with Gasteiger partial charge in [-0.25, -0.2) is 23.2 Å². The minimum absolute atomic E-state index is 0.00396. The van der Waals surface area contributed by atoms with Gasteiger partial charge in [0.25, 0.3) is 15.6 Å². The maximum Gasteiger partial charge on any atom is 0.339 e. The molecule has 0 amide bonds. The number of aromatic nitrogens is 4. The highest BCUT2D eigenvalue weighted by Crippen LogP contribution is 2.19. The van der Waals surface area contributed by atoms with Crippen molar-refractivity contribution in [2.45, 2.75) is 25.7 Å². The summed E-state index contributed by atoms with van der Waals surface area (Å²) in [4.78, 5) is 37.7. The minimum atomic E-state index is -3.90. The fraction of sp³-hybridized carbons (Fsp3) is 0.174. The molecule has 3 aromatic heterocycles. The molecule has 0 unspecified atom stereocenters. The van der Waals surface area contributed by atoms with E-state index in [-0.39, 0.29) is 21.7 Å². The van der Waals surface area contributed by atoms with Gasteiger partial charge < -0.3 is 4.74 Å². The minimum Gasteiger partial charge on any atom is -0.465 e. The largest absolute Gasteiger partial charge is 0.465 e. The number of carbonyl (C=O) groups is 1. The van der Waals surface area contributed by atoms with Gasteiger partial charge in [0, 0.05) is 23.6 Å². The van der Waals surface area contributed by atoms with Crippen LogP contribution in [0.2, 0.25) is 0 Å². The summed E-state index contributed by atoms with van der Waals surface area (Å²) in [6, 6.07) is 10.5. The van der Waals surface area contributed by atoms with Gasteiger partial charge in [-0.3, -0.25) is 19.1 Å². The molecule has 0 aliphatic rings. The Labute approximate surface area is 195 Å². The van der Waals surface area contributed by atoms with Crippen LogP contribution in [0.25, 0.3) is 16.6 Å². The van der Waals surface area contributed by atoms with Gasteiger partial charge in [-0.2, -0.15) is 0 Å². The molecule has 10 nitrogen and oxygen atoms in total. The van der Waals surface area contributed by atoms with E-state index in [1.807, 2.05) is 0 Å². The number of methoxy groups -OCH3 is 1. The van der Waals surface area contributed by atoms with E-state index in [1.54, 1.807) is 33.0 Å². The van der Waals surface area contributed by atoms with Crippen molar-refractivity contribution >= 4 is 32.7 Å². The van der Waals surface area contributed by atoms with Crippen LogP contribution >= 0.6 is 0 Å². The zero-order valence-electron chi connectivity index (χ0n) is 18.9. The van der Waals surface area contributed by atoms with Crippen LogP contribution in [0.4, 0.5) is 5.82 Å². The van der Waals surface area contributed by atoms with Crippen molar-refractivity contribution in [3.63, 3.8) is 0 Å². The molecule has 0 saturated carbocycles. The number of ether oxygens (including phenoxy) is 1. The van der Waals surface area contributed by atoms with Crippen LogP contribution in [0.15, 0.2) is 58.4 Å². The summed E-state index contributed by atoms with van der Waals surface area (Å²) in [7, 11) is -2.65. The van der Waals surface area contributed by atoms with Crippen molar-refractivity contribution < 1.29 is 17.9 Å². The molecule has 1 N–H and O–H groups in total. The summed E-state index contributed by atoms with van der Waals surface area (Å²) >= 11 is 0. The molecule has 0 aliphatic carbocycles. The number of pyridine rings is 2. The van der Waals surface area contributed by atoms with E-state index in [0.717, 1.165) is 0 Å². The first-order chi connectivity index (χ1) is 16.1. The Balaban J connectivity index is 1.70. The zero-order chi connectivity index (χ0) is 24.6. The predicted molar refractivity (Wildman–Crippen MR) is 126 cm³/mol. The third-order valence-corrected chi connectivity index (χ3v) is 6.48. The second-order valence-electron chi connectivity index (χ2n) is 7.58. The van der Waals surface area contributed by atoms with Crippen molar-refractivity contribution in [3.8, 4) is 5.69 Å². The van der Waals surface area contributed by atoms with E-state index in [9.17, 15) is 18.0 Å². The quantitative estimate of drug-likeness (QED) is 0.432. The fourth-order valence-electron chi connectivity index (χ4n) is 3.54. The number of aryl methyl sites for hydroxylation is 3. The van der Waals surface area contributed by atoms with Crippen LogP contribution in [0.5, 0.6) is 0 Å². The summed E-state index contributed by atoms with van der Waals surface area (Å²) in [6.45, 7) is 5.08. The Kier molecular flexibility index (Phi) is 5.88. The lowest BCUT2D eigenvalue weighted by molar-refractivity contribution is 0.0599. The SMILES string of the molecule is COC(=O)c1cc2c(=O)n(-c3ccc(S(=O)(=O)Nc4cc(C)nc(C)n4)cc3)ccc2nc1C. The molecule has 174 valence electrons. The number of anilines is 1. The van der Waals surface area contributed by atoms with Crippen LogP contribution in [-0.2, 0) is 14.8 Å². The zero-order valence-corrected chi connectivity index (χ0v) is 19.7. The molecular weight excluding hydrogens is 458 g/mol. The summed E-state index contributed by atoms with van der Waals surface area (Å²) in [5.41, 5.74) is 1.76. The maximum atomic E-state index is 13.1. The van der Waals surface area contributed by atoms with Crippen molar-refractivity contribution in [1.82, 2.24) is 19.5 Å². The summed E-state index contributed by atoms with van der Waals surface area (Å²) < 4.78 is 34.1. The monoisotopic (exact) mass is 479 g/mol. The van der Waals surface area contributed by atoms with Gasteiger partial charge in [-0.05, 0) is 57.2 Å². The number of carbonyl (C=O) groups excluding carboxylic acids is 1. The van der Waals surface area contributed by atoms with Crippen LogP contribution in [0.1, 0.15) is 27.6 Å². The summed E-state index contributed by atoms with van der Waals surface area (Å²) in [6.07, 6.45) is 1.54. The molecule has 0 fully saturated rings. The Morgan fingerprint density at radius 2 is 1.71 bits per heavy atom. The Bertz CT molecular complexity index is 1570. The van der Waals surface area contributed by atoms with Crippen LogP contribution < -0.4 is 10.3 Å². The van der Waals surface area contributed by atoms with Crippen molar-refractivity contribution in [1.29, 1.82) is 0 Å². The third-order valence-electron chi connectivity index (χ3n) is 5.11. The average molecular weight is 480 g/mol. The van der Waals surface area contributed by atoms with Gasteiger partial charge in [0.1, 0.15) is 11.6 Å². The lowest BCUT2D eigenvalue weighted by Crippen LogP contribution is -2.19. The van der Waals surface area contributed by atoms with E-state index < -0.39 is 21.6 Å². The highest BCUT2D eigenvalue weighted by molar-refractivity contribution is 7.92. The molecule has 0 radical (unpaired) electrons. The van der Waals surface area contributed by atoms with Crippen LogP contribution in [0, 0.1) is 20.8 Å². The first-order valence-electron chi connectivity index (χ1n) is 10.2. The number of nitrogens with zero attached hydrogens (tertiary/aromatic N) is 4. The number of fused-ring (bicyclic) bond motifs is 1. The molecule has 4 rings (SSSR count). The second-order valence-corrected chi connectivity index (χ2v) is 9.26. The van der Waals surface area contributed by atoms with Crippen molar-refractivity contribution in [2.75, 3.05) is 11.8 Å². The summed E-state index contributed by atoms with van der Waals surface area (Å²) in [5, 5.41) is 0.237. The van der Waals surface area contributed by atoms with Gasteiger partial charge in [-0.1, -0.05) is 0 Å². The standard InChI is InChI=1S/C23H21N5O5S/c1-13-11-21(26-15(3)24-13)27-34(31,32)17-7-5-16(6-8-17)28-10-9-20-19(22(28)29)12-18(14(2)25-20)23(30)33-4/h5-12H,1-4H3,(H,24,26,27). The number of nitrogens with one attached hydrogen (secondary N) is 1. The lowest BCUT2D eigenvalue weighted by atomic mass is 10.1. The Hall–Kier alpha value is -4.12. The average Bonchev–Trinajstić information content (AvgIpc) is 2.77. The Morgan fingerprint density at radius 3 is 2.35 bits per heavy atom. The molecule has 4 aromatic rings. The van der Waals surface area contributed by atoms with Gasteiger partial charge in [0.05, 0.1) is 34.2 Å². The van der Waals surface area contributed by atoms with Crippen LogP contribution in [-0.4, -0.2) is 41.0 Å². The Morgan fingerprint density at radius 1 is 1.00 bits per heavy atom. The van der Waals surface area contributed by atoms with Crippen LogP contribution in [0.3, 0.4) is 0 Å². The number of rotatable bonds is 5. The van der Waals surface area contributed by atoms with E-state index in [0.29, 0.717) is 28.4 Å². The van der Waals surface area contributed by atoms with Gasteiger partial charge in [0.15, 0.2) is 0 Å². The van der Waals surface area contributed by atoms with Crippen molar-refractivity contribution in [3.05, 3.63) is 81.8 Å². The molecule has 0 atom stereocenters. The molecule has 0 saturated heterocycles. The first kappa shape index (κ1) is 23.1. The number of hydrogen-bond donors (Lipinski definition) is 1. The molecule has 34 heavy (non-hydrogen) atoms. The molecule has 11 heteroatoms. The highest BCUT2D eigenvalue weighted by Gasteiger charge is 2.17. The van der Waals surface area contributed by atoms with Gasteiger partial charge >= 0.3 is 5.97 Å².